The molecule has 1 heterocycles. The first-order chi connectivity index (χ1) is 9.49. The average Bonchev–Trinajstić information content (AvgIpc) is 2.81. The second kappa shape index (κ2) is 6.27. The number of halogens is 1. The molecule has 0 N–H and O–H groups in total. The van der Waals surface area contributed by atoms with Crippen LogP contribution in [0, 0.1) is 0 Å². The van der Waals surface area contributed by atoms with Crippen molar-refractivity contribution in [2.24, 2.45) is 0 Å². The Hall–Kier alpha value is -1.55. The van der Waals surface area contributed by atoms with Gasteiger partial charge in [0.2, 0.25) is 0 Å². The first-order valence-electron chi connectivity index (χ1n) is 6.66. The number of rotatable bonds is 4. The summed E-state index contributed by atoms with van der Waals surface area (Å²) in [7, 11) is 1.83. The molecule has 2 rings (SSSR count). The minimum absolute atomic E-state index is 0.0354. The van der Waals surface area contributed by atoms with E-state index in [0.717, 1.165) is 10.0 Å². The van der Waals surface area contributed by atoms with E-state index >= 15 is 0 Å². The molecule has 0 aliphatic rings. The highest BCUT2D eigenvalue weighted by Gasteiger charge is 2.18. The minimum Gasteiger partial charge on any atom is -0.340 e. The second-order valence-corrected chi connectivity index (χ2v) is 6.11. The molecule has 0 fully saturated rings. The molecule has 0 atom stereocenters. The lowest BCUT2D eigenvalue weighted by molar-refractivity contribution is 0.0772. The van der Waals surface area contributed by atoms with Gasteiger partial charge in [0.1, 0.15) is 5.69 Å². The zero-order chi connectivity index (χ0) is 14.7. The maximum absolute atomic E-state index is 12.6. The molecule has 20 heavy (non-hydrogen) atoms. The average molecular weight is 335 g/mol. The molecule has 0 bridgehead atoms. The van der Waals surface area contributed by atoms with Gasteiger partial charge >= 0.3 is 0 Å². The summed E-state index contributed by atoms with van der Waals surface area (Å²) < 4.78 is 2.93. The standard InChI is InChI=1S/C16H19BrN2O/c1-12(2)19-11-14(17)9-15(19)16(20)18(3)10-13-7-5-4-6-8-13/h4-9,11-12H,10H2,1-3H3. The SMILES string of the molecule is CC(C)n1cc(Br)cc1C(=O)N(C)Cc1ccccc1. The van der Waals surface area contributed by atoms with Crippen LogP contribution in [0.5, 0.6) is 0 Å². The van der Waals surface area contributed by atoms with E-state index < -0.39 is 0 Å². The number of amides is 1. The topological polar surface area (TPSA) is 25.2 Å². The van der Waals surface area contributed by atoms with Crippen molar-refractivity contribution < 1.29 is 4.79 Å². The van der Waals surface area contributed by atoms with Crippen LogP contribution in [-0.4, -0.2) is 22.4 Å². The van der Waals surface area contributed by atoms with Crippen LogP contribution in [0.2, 0.25) is 0 Å². The van der Waals surface area contributed by atoms with Crippen LogP contribution in [0.15, 0.2) is 47.1 Å². The maximum Gasteiger partial charge on any atom is 0.270 e. The quantitative estimate of drug-likeness (QED) is 0.826. The minimum atomic E-state index is 0.0354. The molecule has 0 aliphatic heterocycles. The van der Waals surface area contributed by atoms with Crippen LogP contribution in [-0.2, 0) is 6.54 Å². The summed E-state index contributed by atoms with van der Waals surface area (Å²) >= 11 is 3.44. The van der Waals surface area contributed by atoms with Crippen molar-refractivity contribution in [3.05, 3.63) is 58.3 Å². The number of aromatic nitrogens is 1. The van der Waals surface area contributed by atoms with E-state index in [9.17, 15) is 4.79 Å². The van der Waals surface area contributed by atoms with Crippen molar-refractivity contribution in [3.63, 3.8) is 0 Å². The van der Waals surface area contributed by atoms with E-state index in [1.165, 1.54) is 0 Å². The van der Waals surface area contributed by atoms with Crippen LogP contribution in [0.4, 0.5) is 0 Å². The van der Waals surface area contributed by atoms with Crippen LogP contribution < -0.4 is 0 Å². The predicted octanol–water partition coefficient (Wildman–Crippen LogP) is 4.10. The summed E-state index contributed by atoms with van der Waals surface area (Å²) in [4.78, 5) is 14.3. The predicted molar refractivity (Wildman–Crippen MR) is 84.8 cm³/mol. The van der Waals surface area contributed by atoms with Gasteiger partial charge in [-0.3, -0.25) is 4.79 Å². The van der Waals surface area contributed by atoms with E-state index in [1.54, 1.807) is 4.90 Å². The number of hydrogen-bond donors (Lipinski definition) is 0. The maximum atomic E-state index is 12.6. The molecule has 0 saturated carbocycles. The van der Waals surface area contributed by atoms with Gasteiger partial charge in [0.25, 0.3) is 5.91 Å². The van der Waals surface area contributed by atoms with Gasteiger partial charge in [-0.25, -0.2) is 0 Å². The van der Waals surface area contributed by atoms with Gasteiger partial charge in [0.15, 0.2) is 0 Å². The molecule has 1 aromatic carbocycles. The zero-order valence-corrected chi connectivity index (χ0v) is 13.6. The van der Waals surface area contributed by atoms with Gasteiger partial charge in [-0.2, -0.15) is 0 Å². The van der Waals surface area contributed by atoms with Crippen LogP contribution >= 0.6 is 15.9 Å². The molecular formula is C16H19BrN2O. The Morgan fingerprint density at radius 3 is 2.55 bits per heavy atom. The second-order valence-electron chi connectivity index (χ2n) is 5.19. The highest BCUT2D eigenvalue weighted by molar-refractivity contribution is 9.10. The fraction of sp³-hybridized carbons (Fsp3) is 0.312. The van der Waals surface area contributed by atoms with Gasteiger partial charge in [0.05, 0.1) is 0 Å². The first-order valence-corrected chi connectivity index (χ1v) is 7.45. The zero-order valence-electron chi connectivity index (χ0n) is 12.0. The summed E-state index contributed by atoms with van der Waals surface area (Å²) in [6, 6.07) is 12.1. The Kier molecular flexibility index (Phi) is 4.65. The number of nitrogens with zero attached hydrogens (tertiary/aromatic N) is 2. The van der Waals surface area contributed by atoms with Gasteiger partial charge in [-0.05, 0) is 41.4 Å². The Labute approximate surface area is 128 Å². The largest absolute Gasteiger partial charge is 0.340 e. The lowest BCUT2D eigenvalue weighted by atomic mass is 10.2. The lowest BCUT2D eigenvalue weighted by Gasteiger charge is -2.20. The van der Waals surface area contributed by atoms with Crippen molar-refractivity contribution in [1.82, 2.24) is 9.47 Å². The van der Waals surface area contributed by atoms with E-state index in [2.05, 4.69) is 29.8 Å². The van der Waals surface area contributed by atoms with Crippen molar-refractivity contribution in [3.8, 4) is 0 Å². The number of carbonyl (C=O) groups excluding carboxylic acids is 1. The van der Waals surface area contributed by atoms with Crippen LogP contribution in [0.25, 0.3) is 0 Å². The number of benzene rings is 1. The monoisotopic (exact) mass is 334 g/mol. The number of carbonyl (C=O) groups is 1. The molecule has 0 radical (unpaired) electrons. The lowest BCUT2D eigenvalue weighted by Crippen LogP contribution is -2.28. The summed E-state index contributed by atoms with van der Waals surface area (Å²) in [6.45, 7) is 4.75. The van der Waals surface area contributed by atoms with Crippen molar-refractivity contribution in [2.75, 3.05) is 7.05 Å². The van der Waals surface area contributed by atoms with Crippen molar-refractivity contribution >= 4 is 21.8 Å². The number of hydrogen-bond acceptors (Lipinski definition) is 1. The van der Waals surface area contributed by atoms with Gasteiger partial charge in [-0.1, -0.05) is 30.3 Å². The molecule has 2 aromatic rings. The normalized spacial score (nSPS) is 10.8. The van der Waals surface area contributed by atoms with E-state index in [4.69, 9.17) is 0 Å². The van der Waals surface area contributed by atoms with Crippen LogP contribution in [0.3, 0.4) is 0 Å². The molecule has 0 spiro atoms. The molecule has 1 amide bonds. The summed E-state index contributed by atoms with van der Waals surface area (Å²) in [5.41, 5.74) is 1.84. The third-order valence-electron chi connectivity index (χ3n) is 3.20. The summed E-state index contributed by atoms with van der Waals surface area (Å²) in [6.07, 6.45) is 1.95. The Morgan fingerprint density at radius 2 is 1.95 bits per heavy atom. The summed E-state index contributed by atoms with van der Waals surface area (Å²) in [5.74, 6) is 0.0354. The molecule has 0 unspecified atom stereocenters. The Bertz CT molecular complexity index is 590. The third-order valence-corrected chi connectivity index (χ3v) is 3.63. The Balaban J connectivity index is 2.19. The molecule has 106 valence electrons. The smallest absolute Gasteiger partial charge is 0.270 e. The van der Waals surface area contributed by atoms with E-state index in [1.807, 2.05) is 54.2 Å². The van der Waals surface area contributed by atoms with Crippen molar-refractivity contribution in [1.29, 1.82) is 0 Å². The van der Waals surface area contributed by atoms with E-state index in [-0.39, 0.29) is 11.9 Å². The summed E-state index contributed by atoms with van der Waals surface area (Å²) in [5, 5.41) is 0. The highest BCUT2D eigenvalue weighted by atomic mass is 79.9. The molecule has 3 nitrogen and oxygen atoms in total. The fourth-order valence-corrected chi connectivity index (χ4v) is 2.61. The molecule has 0 aliphatic carbocycles. The van der Waals surface area contributed by atoms with Gasteiger partial charge in [0, 0.05) is 30.3 Å². The Morgan fingerprint density at radius 1 is 1.30 bits per heavy atom. The molecule has 0 saturated heterocycles. The van der Waals surface area contributed by atoms with E-state index in [0.29, 0.717) is 12.2 Å². The molecule has 1 aromatic heterocycles. The third kappa shape index (κ3) is 3.31. The fourth-order valence-electron chi connectivity index (χ4n) is 2.17. The molecule has 4 heteroatoms. The highest BCUT2D eigenvalue weighted by Crippen LogP contribution is 2.21. The van der Waals surface area contributed by atoms with Gasteiger partial charge in [-0.15, -0.1) is 0 Å². The first kappa shape index (κ1) is 14.9. The molecular weight excluding hydrogens is 316 g/mol. The van der Waals surface area contributed by atoms with Gasteiger partial charge < -0.3 is 9.47 Å². The van der Waals surface area contributed by atoms with Crippen molar-refractivity contribution in [2.45, 2.75) is 26.4 Å². The van der Waals surface area contributed by atoms with Crippen LogP contribution in [0.1, 0.15) is 35.9 Å².